The van der Waals surface area contributed by atoms with Gasteiger partial charge in [0, 0.05) is 29.4 Å². The molecule has 27 heavy (non-hydrogen) atoms. The predicted octanol–water partition coefficient (Wildman–Crippen LogP) is 3.44. The minimum absolute atomic E-state index is 0.223. The van der Waals surface area contributed by atoms with E-state index in [-0.39, 0.29) is 11.1 Å². The van der Waals surface area contributed by atoms with Crippen molar-refractivity contribution >= 4 is 40.1 Å². The average Bonchev–Trinajstić information content (AvgIpc) is 2.61. The van der Waals surface area contributed by atoms with Crippen molar-refractivity contribution in [3.05, 3.63) is 69.0 Å². The maximum atomic E-state index is 14.0. The molecule has 2 N–H and O–H groups in total. The summed E-state index contributed by atoms with van der Waals surface area (Å²) in [6.45, 7) is 1.77. The molecule has 0 aliphatic heterocycles. The Morgan fingerprint density at radius 1 is 1.26 bits per heavy atom. The Kier molecular flexibility index (Phi) is 4.75. The van der Waals surface area contributed by atoms with E-state index in [0.717, 1.165) is 22.6 Å². The number of amides is 1. The number of fused-ring (bicyclic) bond motifs is 1. The number of hydrogen-bond donors (Lipinski definition) is 2. The molecule has 0 saturated heterocycles. The number of anilines is 1. The first-order valence-electron chi connectivity index (χ1n) is 7.83. The zero-order valence-electron chi connectivity index (χ0n) is 14.3. The molecule has 0 aliphatic rings. The van der Waals surface area contributed by atoms with Crippen molar-refractivity contribution in [1.82, 2.24) is 4.98 Å². The van der Waals surface area contributed by atoms with Gasteiger partial charge in [-0.25, -0.2) is 8.78 Å². The third kappa shape index (κ3) is 3.08. The fourth-order valence-corrected chi connectivity index (χ4v) is 3.18. The van der Waals surface area contributed by atoms with E-state index in [1.54, 1.807) is 19.1 Å². The molecule has 2 aromatic carbocycles. The standard InChI is InChI=1S/C19H14F2N2O3S/c1-9-3-5-13-15(11(9)8-27)17(24)16(18(25)22-13)19(26)23(2)14-6-4-10(20)7-12(14)21/h3-8H,1-2H3,(H2,22,24,25). The smallest absolute Gasteiger partial charge is 0.267 e. The lowest BCUT2D eigenvalue weighted by Crippen LogP contribution is -2.32. The number of benzene rings is 2. The Bertz CT molecular complexity index is 1160. The molecule has 8 heteroatoms. The van der Waals surface area contributed by atoms with Gasteiger partial charge in [0.2, 0.25) is 0 Å². The van der Waals surface area contributed by atoms with Crippen LogP contribution in [0.2, 0.25) is 0 Å². The Hall–Kier alpha value is -3.13. The van der Waals surface area contributed by atoms with E-state index < -0.39 is 34.4 Å². The van der Waals surface area contributed by atoms with E-state index in [9.17, 15) is 23.5 Å². The molecule has 3 rings (SSSR count). The molecule has 0 bridgehead atoms. The fourth-order valence-electron chi connectivity index (χ4n) is 2.88. The number of H-pyrrole nitrogens is 1. The van der Waals surface area contributed by atoms with E-state index in [1.807, 2.05) is 0 Å². The van der Waals surface area contributed by atoms with Gasteiger partial charge in [-0.2, -0.15) is 0 Å². The van der Waals surface area contributed by atoms with Gasteiger partial charge in [-0.05, 0) is 30.7 Å². The summed E-state index contributed by atoms with van der Waals surface area (Å²) in [5.41, 5.74) is -0.0842. The van der Waals surface area contributed by atoms with Gasteiger partial charge in [0.05, 0.1) is 11.2 Å². The molecule has 1 amide bonds. The van der Waals surface area contributed by atoms with Crippen molar-refractivity contribution in [1.29, 1.82) is 0 Å². The number of carbonyl (C=O) groups is 1. The first-order chi connectivity index (χ1) is 12.8. The van der Waals surface area contributed by atoms with Crippen LogP contribution in [0.5, 0.6) is 5.75 Å². The number of aromatic hydroxyl groups is 1. The van der Waals surface area contributed by atoms with Crippen LogP contribution in [0.3, 0.4) is 0 Å². The molecule has 138 valence electrons. The summed E-state index contributed by atoms with van der Waals surface area (Å²) in [5, 5.41) is 12.2. The lowest BCUT2D eigenvalue weighted by atomic mass is 10.0. The van der Waals surface area contributed by atoms with Gasteiger partial charge in [-0.3, -0.25) is 9.59 Å². The maximum absolute atomic E-state index is 14.0. The molecular formula is C19H14F2N2O3S. The maximum Gasteiger partial charge on any atom is 0.267 e. The second kappa shape index (κ2) is 6.88. The SMILES string of the molecule is Cc1ccc2[nH]c(=O)c(C(=O)N(C)c3ccc(F)cc3F)c(O)c2c1C=S. The summed E-state index contributed by atoms with van der Waals surface area (Å²) in [6.07, 6.45) is 0. The third-order valence-electron chi connectivity index (χ3n) is 4.32. The van der Waals surface area contributed by atoms with Gasteiger partial charge in [-0.1, -0.05) is 18.3 Å². The van der Waals surface area contributed by atoms with E-state index >= 15 is 0 Å². The molecule has 0 saturated carbocycles. The first-order valence-corrected chi connectivity index (χ1v) is 8.30. The van der Waals surface area contributed by atoms with E-state index in [2.05, 4.69) is 4.98 Å². The Morgan fingerprint density at radius 3 is 2.59 bits per heavy atom. The van der Waals surface area contributed by atoms with Crippen LogP contribution in [0, 0.1) is 18.6 Å². The van der Waals surface area contributed by atoms with Gasteiger partial charge in [0.1, 0.15) is 22.9 Å². The highest BCUT2D eigenvalue weighted by Crippen LogP contribution is 2.31. The van der Waals surface area contributed by atoms with Crippen LogP contribution in [0.15, 0.2) is 35.1 Å². The summed E-state index contributed by atoms with van der Waals surface area (Å²) in [7, 11) is 1.22. The first kappa shape index (κ1) is 18.7. The summed E-state index contributed by atoms with van der Waals surface area (Å²) < 4.78 is 27.1. The van der Waals surface area contributed by atoms with E-state index in [4.69, 9.17) is 12.2 Å². The highest BCUT2D eigenvalue weighted by Gasteiger charge is 2.26. The lowest BCUT2D eigenvalue weighted by Gasteiger charge is -2.19. The zero-order valence-corrected chi connectivity index (χ0v) is 15.2. The minimum atomic E-state index is -0.974. The predicted molar refractivity (Wildman–Crippen MR) is 103 cm³/mol. The second-order valence-electron chi connectivity index (χ2n) is 5.97. The Labute approximate surface area is 157 Å². The fraction of sp³-hybridized carbons (Fsp3) is 0.105. The molecule has 0 radical (unpaired) electrons. The minimum Gasteiger partial charge on any atom is -0.506 e. The normalized spacial score (nSPS) is 10.8. The van der Waals surface area contributed by atoms with Crippen LogP contribution in [0.4, 0.5) is 14.5 Å². The summed E-state index contributed by atoms with van der Waals surface area (Å²) in [6, 6.07) is 5.99. The monoisotopic (exact) mass is 388 g/mol. The molecule has 1 aromatic heterocycles. The molecule has 3 aromatic rings. The van der Waals surface area contributed by atoms with Crippen molar-refractivity contribution in [3.8, 4) is 5.75 Å². The summed E-state index contributed by atoms with van der Waals surface area (Å²) >= 11 is 4.98. The Morgan fingerprint density at radius 2 is 1.96 bits per heavy atom. The number of rotatable bonds is 3. The van der Waals surface area contributed by atoms with Gasteiger partial charge in [-0.15, -0.1) is 0 Å². The number of aromatic nitrogens is 1. The number of thiocarbonyl (C=S) groups is 1. The average molecular weight is 388 g/mol. The van der Waals surface area contributed by atoms with Crippen LogP contribution in [-0.2, 0) is 0 Å². The highest BCUT2D eigenvalue weighted by molar-refractivity contribution is 7.79. The number of pyridine rings is 1. The molecular weight excluding hydrogens is 374 g/mol. The topological polar surface area (TPSA) is 73.4 Å². The zero-order chi connectivity index (χ0) is 19.9. The van der Waals surface area contributed by atoms with Crippen molar-refractivity contribution in [2.45, 2.75) is 6.92 Å². The van der Waals surface area contributed by atoms with Gasteiger partial charge >= 0.3 is 0 Å². The highest BCUT2D eigenvalue weighted by atomic mass is 32.1. The number of nitrogens with one attached hydrogen (secondary N) is 1. The summed E-state index contributed by atoms with van der Waals surface area (Å²) in [5.74, 6) is -3.27. The lowest BCUT2D eigenvalue weighted by molar-refractivity contribution is 0.0988. The number of carbonyl (C=O) groups excluding carboxylic acids is 1. The molecule has 1 heterocycles. The van der Waals surface area contributed by atoms with E-state index in [1.165, 1.54) is 12.4 Å². The molecule has 0 spiro atoms. The molecule has 0 atom stereocenters. The van der Waals surface area contributed by atoms with Gasteiger partial charge < -0.3 is 15.0 Å². The van der Waals surface area contributed by atoms with Crippen LogP contribution < -0.4 is 10.5 Å². The Balaban J connectivity index is 2.23. The second-order valence-corrected chi connectivity index (χ2v) is 6.21. The molecule has 0 fully saturated rings. The van der Waals surface area contributed by atoms with Crippen LogP contribution in [-0.4, -0.2) is 28.4 Å². The van der Waals surface area contributed by atoms with E-state index in [0.29, 0.717) is 17.1 Å². The van der Waals surface area contributed by atoms with Crippen LogP contribution >= 0.6 is 12.2 Å². The van der Waals surface area contributed by atoms with Gasteiger partial charge in [0.15, 0.2) is 0 Å². The molecule has 5 nitrogen and oxygen atoms in total. The van der Waals surface area contributed by atoms with Crippen molar-refractivity contribution in [2.75, 3.05) is 11.9 Å². The number of nitrogens with zero attached hydrogens (tertiary/aromatic N) is 1. The van der Waals surface area contributed by atoms with Crippen molar-refractivity contribution in [2.24, 2.45) is 0 Å². The molecule has 0 aliphatic carbocycles. The van der Waals surface area contributed by atoms with Gasteiger partial charge in [0.25, 0.3) is 11.5 Å². The quantitative estimate of drug-likeness (QED) is 0.674. The van der Waals surface area contributed by atoms with Crippen molar-refractivity contribution in [3.63, 3.8) is 0 Å². The number of hydrogen-bond acceptors (Lipinski definition) is 4. The molecule has 0 unspecified atom stereocenters. The van der Waals surface area contributed by atoms with Crippen LogP contribution in [0.1, 0.15) is 21.5 Å². The number of halogens is 2. The summed E-state index contributed by atoms with van der Waals surface area (Å²) in [4.78, 5) is 28.6. The van der Waals surface area contributed by atoms with Crippen LogP contribution in [0.25, 0.3) is 10.9 Å². The largest absolute Gasteiger partial charge is 0.506 e. The number of aryl methyl sites for hydroxylation is 1. The number of aromatic amines is 1. The van der Waals surface area contributed by atoms with Crippen molar-refractivity contribution < 1.29 is 18.7 Å². The third-order valence-corrected chi connectivity index (χ3v) is 4.56.